The molecule has 70 valence electrons. The topological polar surface area (TPSA) is 62.7 Å². The molecule has 0 aliphatic carbocycles. The summed E-state index contributed by atoms with van der Waals surface area (Å²) >= 11 is 2.07. The van der Waals surface area contributed by atoms with Crippen LogP contribution in [0.5, 0.6) is 0 Å². The van der Waals surface area contributed by atoms with Crippen LogP contribution in [0, 0.1) is 29.4 Å². The molecular weight excluding hydrogens is 309 g/mol. The van der Waals surface area contributed by atoms with Crippen molar-refractivity contribution in [3.63, 3.8) is 0 Å². The molecule has 0 saturated heterocycles. The van der Waals surface area contributed by atoms with Crippen molar-refractivity contribution in [2.45, 2.75) is 6.92 Å². The number of aryl methyl sites for hydroxylation is 1. The third-order valence-electron chi connectivity index (χ3n) is 1.59. The first-order valence-corrected chi connectivity index (χ1v) is 7.00. The van der Waals surface area contributed by atoms with Gasteiger partial charge in [-0.05, 0) is 27.2 Å². The molecule has 0 amide bonds. The van der Waals surface area contributed by atoms with Crippen LogP contribution in [-0.4, -0.2) is 4.98 Å². The zero-order valence-corrected chi connectivity index (χ0v) is 10.3. The molecule has 0 radical (unpaired) electrons. The number of nitriles is 1. The number of nitrogen functional groups attached to an aromatic ring is 1. The second kappa shape index (κ2) is 5.08. The van der Waals surface area contributed by atoms with E-state index in [1.807, 2.05) is 6.07 Å². The van der Waals surface area contributed by atoms with E-state index < -0.39 is 0 Å². The van der Waals surface area contributed by atoms with Crippen LogP contribution in [-0.2, 0) is 0 Å². The van der Waals surface area contributed by atoms with E-state index in [0.29, 0.717) is 22.6 Å². The Morgan fingerprint density at radius 1 is 1.57 bits per heavy atom. The van der Waals surface area contributed by atoms with Gasteiger partial charge in [-0.25, -0.2) is 4.98 Å². The van der Waals surface area contributed by atoms with Crippen LogP contribution < -0.4 is 5.73 Å². The summed E-state index contributed by atoms with van der Waals surface area (Å²) in [5.74, 6) is 3.21. The average Bonchev–Trinajstić information content (AvgIpc) is 2.17. The van der Waals surface area contributed by atoms with Crippen molar-refractivity contribution in [1.29, 1.82) is 5.26 Å². The van der Waals surface area contributed by atoms with Crippen LogP contribution in [0.25, 0.3) is 0 Å². The second-order valence-corrected chi connectivity index (χ2v) is 4.15. The SMILES string of the molecule is Cc1nc(N)c(C#CSI)cc1C#N. The monoisotopic (exact) mass is 315 g/mol. The van der Waals surface area contributed by atoms with E-state index in [4.69, 9.17) is 11.0 Å². The standard InChI is InChI=1S/C9H6IN3S/c1-6-8(5-11)4-7(2-3-14-10)9(12)13-6/h4H,1H3,(H2,12,13). The predicted molar refractivity (Wildman–Crippen MR) is 66.6 cm³/mol. The van der Waals surface area contributed by atoms with Crippen molar-refractivity contribution in [3.8, 4) is 17.2 Å². The van der Waals surface area contributed by atoms with Crippen LogP contribution in [0.2, 0.25) is 0 Å². The number of hydrogen-bond acceptors (Lipinski definition) is 4. The number of halogens is 1. The molecule has 0 bridgehead atoms. The van der Waals surface area contributed by atoms with Crippen molar-refractivity contribution in [2.24, 2.45) is 0 Å². The molecule has 0 aliphatic rings. The quantitative estimate of drug-likeness (QED) is 0.589. The molecule has 3 nitrogen and oxygen atoms in total. The Balaban J connectivity index is 3.26. The Kier molecular flexibility index (Phi) is 4.05. The molecular formula is C9H6IN3S. The van der Waals surface area contributed by atoms with Gasteiger partial charge in [0.05, 0.1) is 16.8 Å². The summed E-state index contributed by atoms with van der Waals surface area (Å²) in [6.45, 7) is 1.75. The van der Waals surface area contributed by atoms with Crippen molar-refractivity contribution < 1.29 is 0 Å². The number of aromatic nitrogens is 1. The summed E-state index contributed by atoms with van der Waals surface area (Å²) in [6.07, 6.45) is 0. The molecule has 0 atom stereocenters. The molecule has 1 heterocycles. The first-order chi connectivity index (χ1) is 6.69. The lowest BCUT2D eigenvalue weighted by Gasteiger charge is -2.00. The number of pyridine rings is 1. The fraction of sp³-hybridized carbons (Fsp3) is 0.111. The summed E-state index contributed by atoms with van der Waals surface area (Å²) < 4.78 is 0. The largest absolute Gasteiger partial charge is 0.383 e. The molecule has 14 heavy (non-hydrogen) atoms. The summed E-state index contributed by atoms with van der Waals surface area (Å²) in [5, 5.41) is 11.6. The minimum absolute atomic E-state index is 0.374. The fourth-order valence-corrected chi connectivity index (χ4v) is 1.39. The Morgan fingerprint density at radius 3 is 2.86 bits per heavy atom. The minimum Gasteiger partial charge on any atom is -0.383 e. The van der Waals surface area contributed by atoms with Gasteiger partial charge in [-0.2, -0.15) is 5.26 Å². The molecule has 5 heteroatoms. The molecule has 1 aromatic heterocycles. The average molecular weight is 315 g/mol. The van der Waals surface area contributed by atoms with Crippen molar-refractivity contribution in [1.82, 2.24) is 4.98 Å². The molecule has 0 spiro atoms. The summed E-state index contributed by atoms with van der Waals surface area (Å²) in [5.41, 5.74) is 7.41. The lowest BCUT2D eigenvalue weighted by molar-refractivity contribution is 1.18. The van der Waals surface area contributed by atoms with Crippen molar-refractivity contribution in [3.05, 3.63) is 22.9 Å². The highest BCUT2D eigenvalue weighted by molar-refractivity contribution is 14.2. The van der Waals surface area contributed by atoms with Gasteiger partial charge in [0, 0.05) is 21.2 Å². The molecule has 0 unspecified atom stereocenters. The highest BCUT2D eigenvalue weighted by Gasteiger charge is 2.03. The lowest BCUT2D eigenvalue weighted by atomic mass is 10.1. The van der Waals surface area contributed by atoms with Gasteiger partial charge < -0.3 is 5.73 Å². The summed E-state index contributed by atoms with van der Waals surface area (Å²) in [6, 6.07) is 3.71. The summed E-state index contributed by atoms with van der Waals surface area (Å²) in [7, 11) is 1.37. The van der Waals surface area contributed by atoms with E-state index in [-0.39, 0.29) is 0 Å². The van der Waals surface area contributed by atoms with Gasteiger partial charge in [-0.1, -0.05) is 5.92 Å². The fourth-order valence-electron chi connectivity index (χ4n) is 0.911. The Labute approximate surface area is 98.7 Å². The first-order valence-electron chi connectivity index (χ1n) is 3.65. The van der Waals surface area contributed by atoms with Gasteiger partial charge in [-0.3, -0.25) is 0 Å². The molecule has 0 aliphatic heterocycles. The van der Waals surface area contributed by atoms with Gasteiger partial charge >= 0.3 is 0 Å². The van der Waals surface area contributed by atoms with Crippen LogP contribution in [0.15, 0.2) is 6.07 Å². The van der Waals surface area contributed by atoms with E-state index in [2.05, 4.69) is 37.4 Å². The predicted octanol–water partition coefficient (Wildman–Crippen LogP) is 2.24. The van der Waals surface area contributed by atoms with Crippen LogP contribution in [0.3, 0.4) is 0 Å². The first kappa shape index (κ1) is 11.2. The zero-order chi connectivity index (χ0) is 10.6. The summed E-state index contributed by atoms with van der Waals surface area (Å²) in [4.78, 5) is 4.04. The van der Waals surface area contributed by atoms with Crippen LogP contribution in [0.4, 0.5) is 5.82 Å². The normalized spacial score (nSPS) is 8.64. The Morgan fingerprint density at radius 2 is 2.29 bits per heavy atom. The molecule has 0 aromatic carbocycles. The third kappa shape index (κ3) is 2.53. The number of rotatable bonds is 0. The molecule has 0 fully saturated rings. The van der Waals surface area contributed by atoms with E-state index in [0.717, 1.165) is 0 Å². The molecule has 0 saturated carbocycles. The van der Waals surface area contributed by atoms with E-state index in [1.54, 1.807) is 13.0 Å². The highest BCUT2D eigenvalue weighted by atomic mass is 127. The smallest absolute Gasteiger partial charge is 0.139 e. The maximum atomic E-state index is 8.77. The van der Waals surface area contributed by atoms with Gasteiger partial charge in [0.2, 0.25) is 0 Å². The number of hydrogen-bond donors (Lipinski definition) is 1. The Hall–Kier alpha value is -0.920. The van der Waals surface area contributed by atoms with E-state index in [1.165, 1.54) is 8.93 Å². The molecule has 1 rings (SSSR count). The maximum absolute atomic E-state index is 8.77. The third-order valence-corrected chi connectivity index (χ3v) is 2.43. The Bertz CT molecular complexity index is 454. The number of nitrogens with zero attached hydrogens (tertiary/aromatic N) is 2. The van der Waals surface area contributed by atoms with Crippen molar-refractivity contribution >= 4 is 36.0 Å². The van der Waals surface area contributed by atoms with E-state index >= 15 is 0 Å². The number of anilines is 1. The van der Waals surface area contributed by atoms with Crippen LogP contribution in [0.1, 0.15) is 16.8 Å². The second-order valence-electron chi connectivity index (χ2n) is 2.47. The number of nitrogens with two attached hydrogens (primary N) is 1. The zero-order valence-electron chi connectivity index (χ0n) is 7.34. The maximum Gasteiger partial charge on any atom is 0.139 e. The van der Waals surface area contributed by atoms with Gasteiger partial charge in [0.1, 0.15) is 11.9 Å². The van der Waals surface area contributed by atoms with Gasteiger partial charge in [0.25, 0.3) is 0 Å². The minimum atomic E-state index is 0.374. The van der Waals surface area contributed by atoms with Crippen LogP contribution >= 0.6 is 30.1 Å². The van der Waals surface area contributed by atoms with Gasteiger partial charge in [0.15, 0.2) is 0 Å². The highest BCUT2D eigenvalue weighted by Crippen LogP contribution is 2.14. The molecule has 2 N–H and O–H groups in total. The molecule has 1 aromatic rings. The lowest BCUT2D eigenvalue weighted by Crippen LogP contribution is -1.98. The van der Waals surface area contributed by atoms with E-state index in [9.17, 15) is 0 Å². The van der Waals surface area contributed by atoms with Crippen molar-refractivity contribution in [2.75, 3.05) is 5.73 Å². The van der Waals surface area contributed by atoms with Gasteiger partial charge in [-0.15, -0.1) is 0 Å².